The largest absolute Gasteiger partial charge is 0.478 e. The smallest absolute Gasteiger partial charge is 0.332 e. The average molecular weight is 299 g/mol. The van der Waals surface area contributed by atoms with Crippen molar-refractivity contribution in [1.82, 2.24) is 4.90 Å². The number of morpholine rings is 1. The first kappa shape index (κ1) is 17.7. The van der Waals surface area contributed by atoms with Gasteiger partial charge < -0.3 is 14.9 Å². The molecular weight excluding hydrogens is 274 g/mol. The zero-order valence-corrected chi connectivity index (χ0v) is 12.6. The Morgan fingerprint density at radius 3 is 2.19 bits per heavy atom. The monoisotopic (exact) mass is 299 g/mol. The van der Waals surface area contributed by atoms with Crippen LogP contribution < -0.4 is 0 Å². The van der Waals surface area contributed by atoms with E-state index in [-0.39, 0.29) is 11.1 Å². The van der Waals surface area contributed by atoms with Gasteiger partial charge in [0, 0.05) is 24.2 Å². The van der Waals surface area contributed by atoms with Gasteiger partial charge in [0.05, 0.1) is 13.2 Å². The second-order valence-corrected chi connectivity index (χ2v) is 5.33. The fourth-order valence-electron chi connectivity index (χ4n) is 2.40. The van der Waals surface area contributed by atoms with Crippen molar-refractivity contribution >= 4 is 11.9 Å². The number of rotatable bonds is 9. The van der Waals surface area contributed by atoms with Gasteiger partial charge in [0.25, 0.3) is 0 Å². The Labute approximate surface area is 125 Å². The van der Waals surface area contributed by atoms with Gasteiger partial charge in [-0.25, -0.2) is 9.59 Å². The molecule has 6 heteroatoms. The number of nitrogens with zero attached hydrogens (tertiary/aromatic N) is 1. The second kappa shape index (κ2) is 9.52. The van der Waals surface area contributed by atoms with Crippen molar-refractivity contribution in [2.45, 2.75) is 39.0 Å². The molecule has 1 saturated heterocycles. The topological polar surface area (TPSA) is 87.1 Å². The zero-order valence-electron chi connectivity index (χ0n) is 12.6. The van der Waals surface area contributed by atoms with Crippen molar-refractivity contribution in [2.75, 3.05) is 32.8 Å². The quantitative estimate of drug-likeness (QED) is 0.498. The van der Waals surface area contributed by atoms with E-state index >= 15 is 0 Å². The summed E-state index contributed by atoms with van der Waals surface area (Å²) in [5.74, 6) is -2.28. The third kappa shape index (κ3) is 6.73. The predicted octanol–water partition coefficient (Wildman–Crippen LogP) is 1.75. The lowest BCUT2D eigenvalue weighted by Crippen LogP contribution is -2.36. The molecule has 0 spiro atoms. The predicted molar refractivity (Wildman–Crippen MR) is 78.3 cm³/mol. The van der Waals surface area contributed by atoms with E-state index in [0.29, 0.717) is 6.42 Å². The molecule has 1 heterocycles. The number of aliphatic carboxylic acids is 2. The number of ether oxygens (including phenoxy) is 1. The van der Waals surface area contributed by atoms with Gasteiger partial charge in [-0.05, 0) is 32.7 Å². The molecular formula is C15H25NO5. The number of hydrogen-bond donors (Lipinski definition) is 2. The Balaban J connectivity index is 2.18. The highest BCUT2D eigenvalue weighted by Gasteiger charge is 2.15. The van der Waals surface area contributed by atoms with E-state index in [2.05, 4.69) is 4.90 Å². The van der Waals surface area contributed by atoms with Crippen molar-refractivity contribution in [2.24, 2.45) is 0 Å². The SMILES string of the molecule is CC(C(=O)O)=C(CCCCCCN1CCOCC1)C(=O)O. The molecule has 0 radical (unpaired) electrons. The molecule has 1 rings (SSSR count). The van der Waals surface area contributed by atoms with Crippen LogP contribution >= 0.6 is 0 Å². The fourth-order valence-corrected chi connectivity index (χ4v) is 2.40. The highest BCUT2D eigenvalue weighted by molar-refractivity contribution is 5.98. The van der Waals surface area contributed by atoms with E-state index < -0.39 is 11.9 Å². The first-order valence-corrected chi connectivity index (χ1v) is 7.49. The molecule has 0 aromatic heterocycles. The lowest BCUT2D eigenvalue weighted by Gasteiger charge is -2.26. The van der Waals surface area contributed by atoms with Gasteiger partial charge in [-0.3, -0.25) is 4.90 Å². The Morgan fingerprint density at radius 2 is 1.62 bits per heavy atom. The lowest BCUT2D eigenvalue weighted by atomic mass is 10.0. The summed E-state index contributed by atoms with van der Waals surface area (Å²) < 4.78 is 5.28. The Kier molecular flexibility index (Phi) is 8.00. The highest BCUT2D eigenvalue weighted by Crippen LogP contribution is 2.15. The van der Waals surface area contributed by atoms with Gasteiger partial charge in [0.1, 0.15) is 0 Å². The summed E-state index contributed by atoms with van der Waals surface area (Å²) in [4.78, 5) is 24.2. The maximum absolute atomic E-state index is 11.0. The molecule has 0 amide bonds. The minimum atomic E-state index is -1.15. The van der Waals surface area contributed by atoms with E-state index in [1.807, 2.05) is 0 Å². The molecule has 0 atom stereocenters. The molecule has 0 aromatic rings. The molecule has 1 fully saturated rings. The molecule has 21 heavy (non-hydrogen) atoms. The highest BCUT2D eigenvalue weighted by atomic mass is 16.5. The van der Waals surface area contributed by atoms with Crippen LogP contribution in [0.5, 0.6) is 0 Å². The van der Waals surface area contributed by atoms with E-state index in [4.69, 9.17) is 14.9 Å². The van der Waals surface area contributed by atoms with Gasteiger partial charge in [-0.1, -0.05) is 12.8 Å². The van der Waals surface area contributed by atoms with Gasteiger partial charge >= 0.3 is 11.9 Å². The molecule has 2 N–H and O–H groups in total. The summed E-state index contributed by atoms with van der Waals surface area (Å²) in [7, 11) is 0. The second-order valence-electron chi connectivity index (χ2n) is 5.33. The number of carbonyl (C=O) groups is 2. The molecule has 1 aliphatic rings. The van der Waals surface area contributed by atoms with Crippen molar-refractivity contribution in [3.8, 4) is 0 Å². The molecule has 0 aromatic carbocycles. The minimum Gasteiger partial charge on any atom is -0.478 e. The van der Waals surface area contributed by atoms with Gasteiger partial charge in [0.2, 0.25) is 0 Å². The molecule has 1 aliphatic heterocycles. The number of carboxylic acid groups (broad SMARTS) is 2. The Bertz CT molecular complexity index is 386. The Hall–Kier alpha value is -1.40. The van der Waals surface area contributed by atoms with Crippen LogP contribution in [0.25, 0.3) is 0 Å². The first-order valence-electron chi connectivity index (χ1n) is 7.49. The number of carboxylic acids is 2. The number of hydrogen-bond acceptors (Lipinski definition) is 4. The van der Waals surface area contributed by atoms with Crippen LogP contribution in [0.2, 0.25) is 0 Å². The van der Waals surface area contributed by atoms with Gasteiger partial charge in [-0.2, -0.15) is 0 Å². The van der Waals surface area contributed by atoms with Crippen molar-refractivity contribution < 1.29 is 24.5 Å². The molecule has 0 saturated carbocycles. The van der Waals surface area contributed by atoms with Crippen LogP contribution in [0.15, 0.2) is 11.1 Å². The van der Waals surface area contributed by atoms with E-state index in [9.17, 15) is 9.59 Å². The summed E-state index contributed by atoms with van der Waals surface area (Å²) >= 11 is 0. The number of unbranched alkanes of at least 4 members (excludes halogenated alkanes) is 3. The standard InChI is InChI=1S/C15H25NO5/c1-12(14(17)18)13(15(19)20)6-4-2-3-5-7-16-8-10-21-11-9-16/h2-11H2,1H3,(H,17,18)(H,19,20). The maximum atomic E-state index is 11.0. The molecule has 0 unspecified atom stereocenters. The fraction of sp³-hybridized carbons (Fsp3) is 0.733. The first-order chi connectivity index (χ1) is 10.0. The Morgan fingerprint density at radius 1 is 1.00 bits per heavy atom. The summed E-state index contributed by atoms with van der Waals surface area (Å²) in [6.45, 7) is 6.00. The van der Waals surface area contributed by atoms with E-state index in [0.717, 1.165) is 58.5 Å². The van der Waals surface area contributed by atoms with Crippen LogP contribution in [0.4, 0.5) is 0 Å². The molecule has 6 nitrogen and oxygen atoms in total. The van der Waals surface area contributed by atoms with Crippen LogP contribution in [0.1, 0.15) is 39.0 Å². The normalized spacial score (nSPS) is 17.4. The van der Waals surface area contributed by atoms with Crippen LogP contribution in [0.3, 0.4) is 0 Å². The molecule has 120 valence electrons. The summed E-state index contributed by atoms with van der Waals surface area (Å²) in [6.07, 6.45) is 4.09. The van der Waals surface area contributed by atoms with Crippen molar-refractivity contribution in [1.29, 1.82) is 0 Å². The van der Waals surface area contributed by atoms with Crippen LogP contribution in [-0.2, 0) is 14.3 Å². The van der Waals surface area contributed by atoms with Gasteiger partial charge in [-0.15, -0.1) is 0 Å². The molecule has 0 aliphatic carbocycles. The van der Waals surface area contributed by atoms with Crippen LogP contribution in [0, 0.1) is 0 Å². The zero-order chi connectivity index (χ0) is 15.7. The third-order valence-electron chi connectivity index (χ3n) is 3.79. The summed E-state index contributed by atoms with van der Waals surface area (Å²) in [6, 6.07) is 0. The minimum absolute atomic E-state index is 0.0238. The summed E-state index contributed by atoms with van der Waals surface area (Å²) in [5.41, 5.74) is -0.0357. The lowest BCUT2D eigenvalue weighted by molar-refractivity contribution is -0.136. The van der Waals surface area contributed by atoms with Crippen molar-refractivity contribution in [3.05, 3.63) is 11.1 Å². The summed E-state index contributed by atoms with van der Waals surface area (Å²) in [5, 5.41) is 17.9. The maximum Gasteiger partial charge on any atom is 0.332 e. The molecule has 0 bridgehead atoms. The average Bonchev–Trinajstić information content (AvgIpc) is 2.46. The third-order valence-corrected chi connectivity index (χ3v) is 3.79. The van der Waals surface area contributed by atoms with Crippen LogP contribution in [-0.4, -0.2) is 59.9 Å². The van der Waals surface area contributed by atoms with E-state index in [1.165, 1.54) is 6.92 Å². The van der Waals surface area contributed by atoms with Gasteiger partial charge in [0.15, 0.2) is 0 Å². The van der Waals surface area contributed by atoms with E-state index in [1.54, 1.807) is 0 Å². The van der Waals surface area contributed by atoms with Crippen molar-refractivity contribution in [3.63, 3.8) is 0 Å².